The molecule has 0 bridgehead atoms. The average molecular weight is 2430 g/mol. The summed E-state index contributed by atoms with van der Waals surface area (Å²) in [6.07, 6.45) is 45.3. The molecule has 10 aliphatic carbocycles. The van der Waals surface area contributed by atoms with Crippen LogP contribution in [-0.2, 0) is 248 Å². The van der Waals surface area contributed by atoms with Crippen molar-refractivity contribution in [3.63, 3.8) is 0 Å². The zero-order valence-electron chi connectivity index (χ0n) is 80.6. The molecule has 5 radical (unpaired) electrons. The monoisotopic (exact) mass is 2430 g/mol. The summed E-state index contributed by atoms with van der Waals surface area (Å²) >= 11 is 1.40. The van der Waals surface area contributed by atoms with E-state index in [1.165, 1.54) is 171 Å². The molecule has 3 aliphatic heterocycles. The van der Waals surface area contributed by atoms with Crippen LogP contribution in [0.15, 0.2) is 88.1 Å². The summed E-state index contributed by atoms with van der Waals surface area (Å²) in [6, 6.07) is 0. The van der Waals surface area contributed by atoms with Crippen molar-refractivity contribution in [3.05, 3.63) is 121 Å². The Morgan fingerprint density at radius 3 is 1.03 bits per heavy atom. The summed E-state index contributed by atoms with van der Waals surface area (Å²) < 4.78 is 25.1. The number of cyclic esters (lactones) is 3. The molecule has 2 N–H and O–H groups in total. The number of halogens is 5. The van der Waals surface area contributed by atoms with Crippen LogP contribution in [-0.4, -0.2) is 90.7 Å². The van der Waals surface area contributed by atoms with Crippen LogP contribution in [0.5, 0.6) is 0 Å². The smallest absolute Gasteiger partial charge is 0.870 e. The third kappa shape index (κ3) is 36.6. The van der Waals surface area contributed by atoms with Crippen molar-refractivity contribution < 1.29 is 279 Å². The third-order valence-electron chi connectivity index (χ3n) is 32.8. The van der Waals surface area contributed by atoms with E-state index >= 15 is 0 Å². The molecule has 128 heavy (non-hydrogen) atoms. The second kappa shape index (κ2) is 64.2. The van der Waals surface area contributed by atoms with Gasteiger partial charge in [-0.2, -0.15) is 0 Å². The van der Waals surface area contributed by atoms with Crippen molar-refractivity contribution >= 4 is 93.5 Å². The average Bonchev–Trinajstić information content (AvgIpc) is 1.65. The molecule has 0 aromatic rings. The van der Waals surface area contributed by atoms with E-state index in [2.05, 4.69) is 121 Å². The Bertz CT molecular complexity index is 3540. The topological polar surface area (TPSA) is 199 Å². The number of rotatable bonds is 25. The van der Waals surface area contributed by atoms with Crippen molar-refractivity contribution in [2.24, 2.45) is 116 Å². The Labute approximate surface area is 960 Å². The van der Waals surface area contributed by atoms with Crippen LogP contribution in [0.1, 0.15) is 322 Å². The fraction of sp³-hybridized carbons (Fsp3) is 0.745. The summed E-state index contributed by atoms with van der Waals surface area (Å²) in [5.74, 6) is 8.82. The fourth-order valence-corrected chi connectivity index (χ4v) is 26.6. The van der Waals surface area contributed by atoms with Gasteiger partial charge in [0.25, 0.3) is 0 Å². The van der Waals surface area contributed by atoms with Crippen molar-refractivity contribution in [1.82, 2.24) is 0 Å². The summed E-state index contributed by atoms with van der Waals surface area (Å²) in [4.78, 5) is 66.6. The summed E-state index contributed by atoms with van der Waals surface area (Å²) in [6.45, 7) is 72.1. The number of allylic oxidation sites excluding steroid dienone is 5. The first kappa shape index (κ1) is 135. The van der Waals surface area contributed by atoms with Crippen molar-refractivity contribution in [2.75, 3.05) is 19.5 Å². The number of aliphatic hydroxyl groups excluding tert-OH is 1. The van der Waals surface area contributed by atoms with Crippen LogP contribution in [0.25, 0.3) is 0 Å². The molecule has 0 amide bonds. The Balaban J connectivity index is -0.000000721. The standard InChI is InChI=1S/C21H33O3.3C20H29O2.C16H25O.C5H7BrO2.4ClH.Li.H2O.Rh.5Y.Zn.H2/c1-14-7-6-12-21(4)18(14)10-11-19(21)15(2)8-9-17(22)13-16(3)20(23)24-5;3*1-13-6-5-11-20(4)17(13)9-10-18(20)14(2)7-8-16-12-15(3)19(21)22-16;1-12-6-4-10-16(3)14(12)8-9-15(16)13(2)7-5-11-17;1-4(3-6)5(7)8-2;;;;;;;;;;;;;;/h1,15,17-19,22H,3,6-13H2,2,4-5H3;1,12,14,16-18H,5-11H2,2-4H3;2*1,14,16-18H,3,5-12H2,2,4H3;1,11,13-15H,4-10H2,2-3H3;1,3H2,2H3;4*1H;;1H2;;;;;;;;1H/q5*-1;;;;;;+1;;+3;;;;;;;/p-4/t15?,17?,18?,19-,21+;3*14?,16?,17?,18-,20+;13?,14?,15-,16+;;;;;;;;;;;;;;;/m11111.............../s1. The predicted molar refractivity (Wildman–Crippen MR) is 494 cm³/mol. The number of esters is 5. The summed E-state index contributed by atoms with van der Waals surface area (Å²) in [7, 11) is 17.5. The fourth-order valence-electron chi connectivity index (χ4n) is 26.3. The van der Waals surface area contributed by atoms with Crippen LogP contribution >= 0.6 is 57.4 Å². The van der Waals surface area contributed by atoms with E-state index in [1.807, 2.05) is 13.0 Å². The van der Waals surface area contributed by atoms with Gasteiger partial charge in [0.05, 0.1) is 20.3 Å². The number of methoxy groups -OCH3 is 2. The largest absolute Gasteiger partial charge is 1.00 e. The second-order valence-electron chi connectivity index (χ2n) is 40.1. The first-order valence-electron chi connectivity index (χ1n) is 45.7. The van der Waals surface area contributed by atoms with Crippen LogP contribution < -0.4 is 18.9 Å². The van der Waals surface area contributed by atoms with Gasteiger partial charge in [-0.25, -0.2) is 24.0 Å². The zero-order chi connectivity index (χ0) is 88.2. The molecular formula is C102H156BrCl4LiO13RhY5Zn-5. The molecule has 2 saturated heterocycles. The zero-order valence-corrected chi connectivity index (χ0v) is 104. The van der Waals surface area contributed by atoms with Gasteiger partial charge in [0.1, 0.15) is 24.6 Å². The predicted octanol–water partition coefficient (Wildman–Crippen LogP) is 23.8. The number of ether oxygens (including phenoxy) is 5. The SMILES string of the molecule is C=C(CBr)C(=O)OC.Cl.[CH-]=C1CCC[C@@]2(C)C1CC[C@@H]2C(C)CCC(O)CC(=C)C(=O)OC.[CH-]=C1CCC[C@@]2(C)C1CC[C@@H]2C(C)CCC1C=C(C)C(=O)O1.[CH-]=C1CCC[C@@]2(C)C1CC[C@@H]2C(C)CCC1CC(=C)C(=O)O1.[CH-]=C1CCC[C@@]2(C)C1CC[C@@H]2C(C)CCC1CC(=C)C(=O)O1.[CH-]=C1CCC[C@@]2(C)C1CC[C@@H]2C(C)CCC=O.[Cl][Rh]([Cl])[Cl].[HH].[Li+].[OH-].[Y].[Y].[Y].[Y].[Y].[Zn]. The second-order valence-corrected chi connectivity index (χ2v) is 48.1. The molecule has 10 saturated carbocycles. The minimum atomic E-state index is -1.66. The normalized spacial score (nSPS) is 32.5. The first-order chi connectivity index (χ1) is 56.1. The van der Waals surface area contributed by atoms with E-state index in [4.69, 9.17) is 76.2 Å². The molecule has 14 unspecified atom stereocenters. The first-order valence-corrected chi connectivity index (χ1v) is 53.1. The summed E-state index contributed by atoms with van der Waals surface area (Å²) in [5, 5.41) is 10.7. The number of aldehydes is 1. The maximum Gasteiger partial charge on any atom is 1.00 e. The van der Waals surface area contributed by atoms with Gasteiger partial charge in [-0.1, -0.05) is 176 Å². The minimum absolute atomic E-state index is 0. The van der Waals surface area contributed by atoms with E-state index in [9.17, 15) is 33.9 Å². The van der Waals surface area contributed by atoms with E-state index in [0.29, 0.717) is 133 Å². The molecule has 709 valence electrons. The van der Waals surface area contributed by atoms with E-state index in [1.54, 1.807) is 0 Å². The minimum Gasteiger partial charge on any atom is -0.870 e. The number of aliphatic hydroxyl groups is 1. The molecule has 0 aromatic heterocycles. The molecule has 12 fully saturated rings. The van der Waals surface area contributed by atoms with Crippen LogP contribution in [0.2, 0.25) is 0 Å². The van der Waals surface area contributed by atoms with Gasteiger partial charge < -0.3 is 72.0 Å². The Morgan fingerprint density at radius 1 is 0.516 bits per heavy atom. The maximum absolute atomic E-state index is 11.5. The third-order valence-corrected chi connectivity index (χ3v) is 33.5. The molecular weight excluding hydrogens is 2270 g/mol. The number of hydrogen-bond acceptors (Lipinski definition) is 13. The Kier molecular flexibility index (Phi) is 67.9. The van der Waals surface area contributed by atoms with Gasteiger partial charge in [0, 0.05) is 243 Å². The summed E-state index contributed by atoms with van der Waals surface area (Å²) in [5.41, 5.74) is 11.0. The number of carbonyl (C=O) groups is 6. The van der Waals surface area contributed by atoms with Gasteiger partial charge in [-0.05, 0) is 283 Å². The van der Waals surface area contributed by atoms with E-state index in [-0.39, 0.29) is 263 Å². The number of fused-ring (bicyclic) bond motifs is 5. The van der Waals surface area contributed by atoms with Crippen molar-refractivity contribution in [2.45, 2.75) is 345 Å². The quantitative estimate of drug-likeness (QED) is 0.0172. The molecule has 3 heterocycles. The molecule has 13 nitrogen and oxygen atoms in total. The van der Waals surface area contributed by atoms with Crippen LogP contribution in [0, 0.1) is 149 Å². The van der Waals surface area contributed by atoms with Gasteiger partial charge in [-0.15, -0.1) is 12.4 Å². The molecule has 13 rings (SSSR count). The van der Waals surface area contributed by atoms with E-state index < -0.39 is 25.1 Å². The van der Waals surface area contributed by atoms with Gasteiger partial charge in [-0.3, -0.25) is 27.9 Å². The maximum atomic E-state index is 11.5. The van der Waals surface area contributed by atoms with Gasteiger partial charge in [0.15, 0.2) is 0 Å². The number of hydrogen-bond donors (Lipinski definition) is 1. The Hall–Kier alpha value is 3.34. The number of alkyl halides is 1. The Morgan fingerprint density at radius 2 is 0.789 bits per heavy atom. The van der Waals surface area contributed by atoms with Crippen LogP contribution in [0.4, 0.5) is 0 Å². The van der Waals surface area contributed by atoms with Crippen molar-refractivity contribution in [3.8, 4) is 0 Å². The number of carbonyl (C=O) groups excluding carboxylic acids is 6. The van der Waals surface area contributed by atoms with Crippen LogP contribution in [0.3, 0.4) is 0 Å². The molecule has 0 aromatic carbocycles. The molecule has 24 atom stereocenters. The molecule has 0 spiro atoms. The molecule has 26 heteroatoms. The van der Waals surface area contributed by atoms with E-state index in [0.717, 1.165) is 138 Å². The van der Waals surface area contributed by atoms with Gasteiger partial charge in [0.2, 0.25) is 0 Å². The van der Waals surface area contributed by atoms with Crippen molar-refractivity contribution in [1.29, 1.82) is 0 Å². The van der Waals surface area contributed by atoms with Gasteiger partial charge >= 0.3 is 90.8 Å². The molecule has 13 aliphatic rings.